The second kappa shape index (κ2) is 5.41. The van der Waals surface area contributed by atoms with Crippen LogP contribution in [0.25, 0.3) is 5.52 Å². The van der Waals surface area contributed by atoms with Crippen LogP contribution in [0.3, 0.4) is 0 Å². The summed E-state index contributed by atoms with van der Waals surface area (Å²) in [6, 6.07) is 0. The number of aromatic amines is 1. The first-order chi connectivity index (χ1) is 12.8. The Hall–Kier alpha value is -2.22. The van der Waals surface area contributed by atoms with E-state index < -0.39 is 28.8 Å². The molecule has 1 saturated heterocycles. The number of hydrogen-bond donors (Lipinski definition) is 2. The largest absolute Gasteiger partial charge is 0.365 e. The maximum Gasteiger partial charge on any atom is 0.333 e. The van der Waals surface area contributed by atoms with Crippen LogP contribution in [-0.4, -0.2) is 34.2 Å². The summed E-state index contributed by atoms with van der Waals surface area (Å²) in [7, 11) is 0. The summed E-state index contributed by atoms with van der Waals surface area (Å²) in [5, 5.41) is 0. The van der Waals surface area contributed by atoms with E-state index in [1.165, 1.54) is 4.40 Å². The molecule has 1 aliphatic heterocycles. The molecule has 3 N–H and O–H groups in total. The molecule has 0 amide bonds. The molecule has 3 aliphatic rings. The SMILES string of the molecule is Cc1c(N2CC(F)C(C3(N)CC3)C2)c(F)cn2c(=O)[nH]c(=O)c(C3CC3)c12. The monoisotopic (exact) mass is 376 g/mol. The van der Waals surface area contributed by atoms with Gasteiger partial charge in [0.1, 0.15) is 6.17 Å². The third kappa shape index (κ3) is 2.46. The van der Waals surface area contributed by atoms with Crippen LogP contribution in [0.2, 0.25) is 0 Å². The fraction of sp³-hybridized carbons (Fsp3) is 0.579. The highest BCUT2D eigenvalue weighted by Crippen LogP contribution is 2.47. The van der Waals surface area contributed by atoms with Gasteiger partial charge in [0.25, 0.3) is 5.56 Å². The standard InChI is InChI=1S/C19H22F2N4O2/c1-9-15(24-6-11(12(20)7-24)19(22)4-5-19)13(21)8-25-16(9)14(10-2-3-10)17(26)23-18(25)27/h8,10-12H,2-7,22H2,1H3,(H,23,26,27). The third-order valence-corrected chi connectivity index (χ3v) is 6.48. The second-order valence-electron chi connectivity index (χ2n) is 8.38. The Balaban J connectivity index is 1.68. The van der Waals surface area contributed by atoms with Crippen molar-refractivity contribution in [2.75, 3.05) is 18.0 Å². The molecule has 8 heteroatoms. The van der Waals surface area contributed by atoms with E-state index in [0.717, 1.165) is 31.9 Å². The lowest BCUT2D eigenvalue weighted by Gasteiger charge is -2.24. The molecule has 2 aromatic heterocycles. The zero-order valence-electron chi connectivity index (χ0n) is 15.1. The minimum Gasteiger partial charge on any atom is -0.365 e. The molecule has 3 heterocycles. The lowest BCUT2D eigenvalue weighted by Crippen LogP contribution is -2.38. The number of halogens is 2. The molecule has 0 aromatic carbocycles. The molecule has 2 unspecified atom stereocenters. The molecule has 27 heavy (non-hydrogen) atoms. The van der Waals surface area contributed by atoms with Crippen LogP contribution in [0.15, 0.2) is 15.8 Å². The molecule has 3 fully saturated rings. The normalized spacial score (nSPS) is 26.7. The summed E-state index contributed by atoms with van der Waals surface area (Å²) >= 11 is 0. The number of hydrogen-bond acceptors (Lipinski definition) is 4. The molecule has 2 atom stereocenters. The molecule has 144 valence electrons. The van der Waals surface area contributed by atoms with Crippen molar-refractivity contribution in [2.45, 2.75) is 50.2 Å². The van der Waals surface area contributed by atoms with E-state index in [4.69, 9.17) is 5.73 Å². The first-order valence-electron chi connectivity index (χ1n) is 9.46. The number of nitrogens with zero attached hydrogens (tertiary/aromatic N) is 2. The Morgan fingerprint density at radius 3 is 2.59 bits per heavy atom. The van der Waals surface area contributed by atoms with E-state index in [-0.39, 0.29) is 24.1 Å². The smallest absolute Gasteiger partial charge is 0.333 e. The fourth-order valence-electron chi connectivity index (χ4n) is 4.68. The zero-order valence-corrected chi connectivity index (χ0v) is 15.1. The minimum atomic E-state index is -1.11. The van der Waals surface area contributed by atoms with Gasteiger partial charge in [0.2, 0.25) is 0 Å². The number of alkyl halides is 1. The molecular weight excluding hydrogens is 354 g/mol. The van der Waals surface area contributed by atoms with Crippen molar-refractivity contribution < 1.29 is 8.78 Å². The molecule has 0 radical (unpaired) electrons. The minimum absolute atomic E-state index is 0.0731. The van der Waals surface area contributed by atoms with Crippen LogP contribution in [0.5, 0.6) is 0 Å². The number of H-pyrrole nitrogens is 1. The summed E-state index contributed by atoms with van der Waals surface area (Å²) in [5.41, 5.74) is 6.42. The second-order valence-corrected chi connectivity index (χ2v) is 8.38. The third-order valence-electron chi connectivity index (χ3n) is 6.48. The van der Waals surface area contributed by atoms with Crippen LogP contribution in [0.1, 0.15) is 42.7 Å². The van der Waals surface area contributed by atoms with Gasteiger partial charge in [0.15, 0.2) is 5.82 Å². The molecule has 5 rings (SSSR count). The predicted octanol–water partition coefficient (Wildman–Crippen LogP) is 1.58. The summed E-state index contributed by atoms with van der Waals surface area (Å²) in [6.45, 7) is 2.12. The summed E-state index contributed by atoms with van der Waals surface area (Å²) in [4.78, 5) is 28.6. The van der Waals surface area contributed by atoms with Crippen LogP contribution in [-0.2, 0) is 0 Å². The topological polar surface area (TPSA) is 83.6 Å². The van der Waals surface area contributed by atoms with Gasteiger partial charge in [0.05, 0.1) is 17.4 Å². The highest BCUT2D eigenvalue weighted by molar-refractivity contribution is 5.72. The number of fused-ring (bicyclic) bond motifs is 1. The van der Waals surface area contributed by atoms with E-state index >= 15 is 0 Å². The Morgan fingerprint density at radius 2 is 1.96 bits per heavy atom. The fourth-order valence-corrected chi connectivity index (χ4v) is 4.68. The quantitative estimate of drug-likeness (QED) is 0.852. The summed E-state index contributed by atoms with van der Waals surface area (Å²) in [6.07, 6.45) is 3.33. The number of aromatic nitrogens is 2. The number of pyridine rings is 1. The molecule has 2 aliphatic carbocycles. The van der Waals surface area contributed by atoms with Crippen molar-refractivity contribution >= 4 is 11.2 Å². The maximum absolute atomic E-state index is 15.0. The summed E-state index contributed by atoms with van der Waals surface area (Å²) in [5.74, 6) is -0.831. The lowest BCUT2D eigenvalue weighted by atomic mass is 9.96. The van der Waals surface area contributed by atoms with Crippen LogP contribution in [0, 0.1) is 18.7 Å². The van der Waals surface area contributed by atoms with Gasteiger partial charge in [-0.25, -0.2) is 13.6 Å². The number of nitrogens with one attached hydrogen (secondary N) is 1. The van der Waals surface area contributed by atoms with Crippen LogP contribution >= 0.6 is 0 Å². The van der Waals surface area contributed by atoms with E-state index in [1.807, 2.05) is 0 Å². The van der Waals surface area contributed by atoms with Crippen molar-refractivity contribution in [3.63, 3.8) is 0 Å². The van der Waals surface area contributed by atoms with Gasteiger partial charge in [0, 0.05) is 35.7 Å². The van der Waals surface area contributed by atoms with Crippen molar-refractivity contribution in [2.24, 2.45) is 11.7 Å². The average Bonchev–Trinajstić information content (AvgIpc) is 3.51. The average molecular weight is 376 g/mol. The molecular formula is C19H22F2N4O2. The van der Waals surface area contributed by atoms with E-state index in [1.54, 1.807) is 11.8 Å². The molecule has 2 saturated carbocycles. The first kappa shape index (κ1) is 16.9. The molecule has 2 aromatic rings. The number of nitrogens with two attached hydrogens (primary N) is 1. The van der Waals surface area contributed by atoms with Gasteiger partial charge in [-0.05, 0) is 38.5 Å². The predicted molar refractivity (Wildman–Crippen MR) is 97.7 cm³/mol. The van der Waals surface area contributed by atoms with E-state index in [0.29, 0.717) is 23.2 Å². The van der Waals surface area contributed by atoms with Crippen molar-refractivity contribution in [3.8, 4) is 0 Å². The summed E-state index contributed by atoms with van der Waals surface area (Å²) < 4.78 is 30.8. The Bertz CT molecular complexity index is 1070. The molecule has 0 spiro atoms. The Morgan fingerprint density at radius 1 is 1.26 bits per heavy atom. The number of rotatable bonds is 3. The van der Waals surface area contributed by atoms with E-state index in [9.17, 15) is 18.4 Å². The highest BCUT2D eigenvalue weighted by Gasteiger charge is 2.53. The van der Waals surface area contributed by atoms with Crippen LogP contribution < -0.4 is 21.9 Å². The zero-order chi connectivity index (χ0) is 19.1. The van der Waals surface area contributed by atoms with Crippen molar-refractivity contribution in [3.05, 3.63) is 44.0 Å². The Kier molecular flexibility index (Phi) is 3.39. The van der Waals surface area contributed by atoms with Gasteiger partial charge < -0.3 is 10.6 Å². The van der Waals surface area contributed by atoms with Gasteiger partial charge >= 0.3 is 5.69 Å². The Labute approximate surface area is 154 Å². The van der Waals surface area contributed by atoms with Gasteiger partial charge in [-0.3, -0.25) is 14.2 Å². The lowest BCUT2D eigenvalue weighted by molar-refractivity contribution is 0.243. The van der Waals surface area contributed by atoms with Gasteiger partial charge in [-0.15, -0.1) is 0 Å². The molecule has 0 bridgehead atoms. The number of aryl methyl sites for hydroxylation is 1. The van der Waals surface area contributed by atoms with Crippen molar-refractivity contribution in [1.29, 1.82) is 0 Å². The molecule has 6 nitrogen and oxygen atoms in total. The van der Waals surface area contributed by atoms with E-state index in [2.05, 4.69) is 4.98 Å². The first-order valence-corrected chi connectivity index (χ1v) is 9.46. The van der Waals surface area contributed by atoms with Crippen molar-refractivity contribution in [1.82, 2.24) is 9.38 Å². The van der Waals surface area contributed by atoms with Gasteiger partial charge in [-0.1, -0.05) is 0 Å². The maximum atomic E-state index is 15.0. The number of anilines is 1. The van der Waals surface area contributed by atoms with Gasteiger partial charge in [-0.2, -0.15) is 0 Å². The highest BCUT2D eigenvalue weighted by atomic mass is 19.1. The van der Waals surface area contributed by atoms with Crippen LogP contribution in [0.4, 0.5) is 14.5 Å².